The second-order valence-corrected chi connectivity index (χ2v) is 6.12. The van der Waals surface area contributed by atoms with Gasteiger partial charge in [-0.05, 0) is 24.8 Å². The fourth-order valence-corrected chi connectivity index (χ4v) is 2.20. The molecule has 1 atom stereocenters. The Morgan fingerprint density at radius 2 is 2.00 bits per heavy atom. The molecule has 0 fully saturated rings. The van der Waals surface area contributed by atoms with Crippen LogP contribution in [0.15, 0.2) is 43.0 Å². The summed E-state index contributed by atoms with van der Waals surface area (Å²) < 4.78 is 1.30. The molecular formula is C13H15Br2NO. The topological polar surface area (TPSA) is 20.3 Å². The first-order chi connectivity index (χ1) is 8.16. The highest BCUT2D eigenvalue weighted by atomic mass is 79.9. The Bertz CT molecular complexity index is 365. The minimum absolute atomic E-state index is 0.0141. The van der Waals surface area contributed by atoms with Gasteiger partial charge in [0.1, 0.15) is 0 Å². The van der Waals surface area contributed by atoms with Gasteiger partial charge in [0, 0.05) is 0 Å². The van der Waals surface area contributed by atoms with Crippen molar-refractivity contribution in [3.05, 3.63) is 48.6 Å². The van der Waals surface area contributed by atoms with Crippen LogP contribution in [0.5, 0.6) is 0 Å². The number of hydrogen-bond donors (Lipinski definition) is 0. The molecule has 1 rings (SSSR count). The highest BCUT2D eigenvalue weighted by Gasteiger charge is 2.23. The molecule has 1 unspecified atom stereocenters. The Morgan fingerprint density at radius 1 is 1.35 bits per heavy atom. The largest absolute Gasteiger partial charge is 0.272 e. The Labute approximate surface area is 119 Å². The Kier molecular flexibility index (Phi) is 6.52. The summed E-state index contributed by atoms with van der Waals surface area (Å²) in [6.07, 6.45) is 4.60. The van der Waals surface area contributed by atoms with Gasteiger partial charge in [-0.2, -0.15) is 0 Å². The fraction of sp³-hybridized carbons (Fsp3) is 0.308. The first-order valence-electron chi connectivity index (χ1n) is 5.48. The van der Waals surface area contributed by atoms with E-state index >= 15 is 0 Å². The van der Waals surface area contributed by atoms with E-state index in [1.807, 2.05) is 36.4 Å². The number of hydrogen-bond acceptors (Lipinski definition) is 1. The van der Waals surface area contributed by atoms with Crippen molar-refractivity contribution < 1.29 is 4.79 Å². The number of carbonyl (C=O) groups is 1. The minimum Gasteiger partial charge on any atom is -0.272 e. The maximum atomic E-state index is 12.0. The van der Waals surface area contributed by atoms with E-state index in [0.29, 0.717) is 0 Å². The molecular weight excluding hydrogens is 346 g/mol. The first kappa shape index (κ1) is 14.5. The lowest BCUT2D eigenvalue weighted by atomic mass is 9.93. The van der Waals surface area contributed by atoms with Crippen molar-refractivity contribution in [3.8, 4) is 0 Å². The van der Waals surface area contributed by atoms with Gasteiger partial charge in [0.25, 0.3) is 0 Å². The maximum Gasteiger partial charge on any atom is 0.250 e. The molecule has 0 spiro atoms. The van der Waals surface area contributed by atoms with Gasteiger partial charge in [0.05, 0.1) is 38.2 Å². The van der Waals surface area contributed by atoms with Crippen LogP contribution in [0.25, 0.3) is 0 Å². The van der Waals surface area contributed by atoms with E-state index in [0.717, 1.165) is 24.8 Å². The molecule has 0 bridgehead atoms. The van der Waals surface area contributed by atoms with Crippen LogP contribution in [0.4, 0.5) is 0 Å². The molecule has 0 N–H and O–H groups in total. The SMILES string of the molecule is C=CCCCC(C(=O)N(Br)Br)c1ccccc1. The molecule has 2 nitrogen and oxygen atoms in total. The Morgan fingerprint density at radius 3 is 2.53 bits per heavy atom. The molecule has 1 aromatic rings. The molecule has 0 aromatic heterocycles. The van der Waals surface area contributed by atoms with Gasteiger partial charge in [-0.25, -0.2) is 2.95 Å². The number of carbonyl (C=O) groups excluding carboxylic acids is 1. The van der Waals surface area contributed by atoms with Gasteiger partial charge >= 0.3 is 0 Å². The van der Waals surface area contributed by atoms with Crippen molar-refractivity contribution in [1.82, 2.24) is 2.95 Å². The Balaban J connectivity index is 2.79. The van der Waals surface area contributed by atoms with Crippen LogP contribution in [-0.4, -0.2) is 8.86 Å². The van der Waals surface area contributed by atoms with Crippen LogP contribution < -0.4 is 0 Å². The number of unbranched alkanes of at least 4 members (excludes halogenated alkanes) is 1. The molecule has 0 aliphatic rings. The highest BCUT2D eigenvalue weighted by Crippen LogP contribution is 2.27. The van der Waals surface area contributed by atoms with Crippen LogP contribution in [-0.2, 0) is 4.79 Å². The van der Waals surface area contributed by atoms with E-state index in [1.165, 1.54) is 2.95 Å². The number of allylic oxidation sites excluding steroid dienone is 1. The molecule has 0 saturated heterocycles. The second kappa shape index (κ2) is 7.67. The van der Waals surface area contributed by atoms with E-state index < -0.39 is 0 Å². The van der Waals surface area contributed by atoms with Crippen molar-refractivity contribution in [3.63, 3.8) is 0 Å². The monoisotopic (exact) mass is 359 g/mol. The third-order valence-corrected chi connectivity index (χ3v) is 3.27. The smallest absolute Gasteiger partial charge is 0.250 e. The van der Waals surface area contributed by atoms with Crippen molar-refractivity contribution in [1.29, 1.82) is 0 Å². The quantitative estimate of drug-likeness (QED) is 0.413. The lowest BCUT2D eigenvalue weighted by molar-refractivity contribution is -0.123. The normalized spacial score (nSPS) is 11.9. The molecule has 0 heterocycles. The minimum atomic E-state index is -0.116. The van der Waals surface area contributed by atoms with E-state index in [4.69, 9.17) is 0 Å². The van der Waals surface area contributed by atoms with E-state index in [-0.39, 0.29) is 11.8 Å². The van der Waals surface area contributed by atoms with Gasteiger partial charge in [0.2, 0.25) is 5.91 Å². The third-order valence-electron chi connectivity index (χ3n) is 2.57. The van der Waals surface area contributed by atoms with Gasteiger partial charge in [-0.15, -0.1) is 6.58 Å². The zero-order valence-electron chi connectivity index (χ0n) is 9.48. The molecule has 0 aliphatic heterocycles. The number of rotatable bonds is 6. The highest BCUT2D eigenvalue weighted by molar-refractivity contribution is 9.21. The first-order valence-corrected chi connectivity index (χ1v) is 6.90. The van der Waals surface area contributed by atoms with Gasteiger partial charge in [0.15, 0.2) is 0 Å². The molecule has 1 aromatic carbocycles. The Hall–Kier alpha value is -0.610. The number of nitrogens with zero attached hydrogens (tertiary/aromatic N) is 1. The summed E-state index contributed by atoms with van der Waals surface area (Å²) in [5, 5.41) is 0. The fourth-order valence-electron chi connectivity index (χ4n) is 1.70. The summed E-state index contributed by atoms with van der Waals surface area (Å²) in [4.78, 5) is 12.0. The summed E-state index contributed by atoms with van der Waals surface area (Å²) in [6, 6.07) is 9.83. The standard InChI is InChI=1S/C13H15Br2NO/c1-2-3-5-10-12(13(17)16(14)15)11-8-6-4-7-9-11/h2,4,6-9,12H,1,3,5,10H2. The predicted octanol–water partition coefficient (Wildman–Crippen LogP) is 4.57. The molecule has 4 heteroatoms. The predicted molar refractivity (Wildman–Crippen MR) is 77.9 cm³/mol. The molecule has 0 radical (unpaired) electrons. The molecule has 1 amide bonds. The summed E-state index contributed by atoms with van der Waals surface area (Å²) >= 11 is 6.25. The molecule has 0 saturated carbocycles. The van der Waals surface area contributed by atoms with Crippen LogP contribution >= 0.6 is 32.3 Å². The number of halogens is 2. The van der Waals surface area contributed by atoms with E-state index in [1.54, 1.807) is 0 Å². The van der Waals surface area contributed by atoms with E-state index in [2.05, 4.69) is 38.9 Å². The van der Waals surface area contributed by atoms with Crippen LogP contribution in [0.3, 0.4) is 0 Å². The summed E-state index contributed by atoms with van der Waals surface area (Å²) in [5.41, 5.74) is 1.05. The van der Waals surface area contributed by atoms with Crippen molar-refractivity contribution in [2.24, 2.45) is 0 Å². The number of amides is 1. The zero-order valence-corrected chi connectivity index (χ0v) is 12.7. The van der Waals surface area contributed by atoms with Crippen molar-refractivity contribution >= 4 is 38.2 Å². The number of benzene rings is 1. The lowest BCUT2D eigenvalue weighted by Crippen LogP contribution is -2.20. The average molecular weight is 361 g/mol. The van der Waals surface area contributed by atoms with Gasteiger partial charge < -0.3 is 0 Å². The second-order valence-electron chi connectivity index (χ2n) is 3.75. The molecule has 0 aliphatic carbocycles. The van der Waals surface area contributed by atoms with E-state index in [9.17, 15) is 4.79 Å². The third kappa shape index (κ3) is 4.64. The molecule has 92 valence electrons. The van der Waals surface area contributed by atoms with Gasteiger partial charge in [-0.3, -0.25) is 4.79 Å². The average Bonchev–Trinajstić information content (AvgIpc) is 2.35. The van der Waals surface area contributed by atoms with Crippen LogP contribution in [0.2, 0.25) is 0 Å². The van der Waals surface area contributed by atoms with Crippen LogP contribution in [0.1, 0.15) is 30.7 Å². The van der Waals surface area contributed by atoms with Crippen molar-refractivity contribution in [2.75, 3.05) is 0 Å². The lowest BCUT2D eigenvalue weighted by Gasteiger charge is -2.17. The van der Waals surface area contributed by atoms with Crippen molar-refractivity contribution in [2.45, 2.75) is 25.2 Å². The molecule has 17 heavy (non-hydrogen) atoms. The maximum absolute atomic E-state index is 12.0. The van der Waals surface area contributed by atoms with Gasteiger partial charge in [-0.1, -0.05) is 36.4 Å². The summed E-state index contributed by atoms with van der Waals surface area (Å²) in [6.45, 7) is 3.70. The summed E-state index contributed by atoms with van der Waals surface area (Å²) in [5.74, 6) is -0.102. The van der Waals surface area contributed by atoms with Crippen LogP contribution in [0, 0.1) is 0 Å². The summed E-state index contributed by atoms with van der Waals surface area (Å²) in [7, 11) is 0. The zero-order chi connectivity index (χ0) is 12.7.